The van der Waals surface area contributed by atoms with E-state index in [0.29, 0.717) is 5.56 Å². The number of hydrogen-bond donors (Lipinski definition) is 3. The van der Waals surface area contributed by atoms with E-state index < -0.39 is 29.7 Å². The van der Waals surface area contributed by atoms with Crippen LogP contribution in [-0.2, 0) is 4.74 Å². The van der Waals surface area contributed by atoms with Crippen LogP contribution in [0.3, 0.4) is 0 Å². The predicted octanol–water partition coefficient (Wildman–Crippen LogP) is -0.166. The first-order valence-corrected chi connectivity index (χ1v) is 8.36. The zero-order chi connectivity index (χ0) is 18.3. The molecule has 2 rings (SSSR count). The van der Waals surface area contributed by atoms with Gasteiger partial charge < -0.3 is 19.8 Å². The van der Waals surface area contributed by atoms with Crippen LogP contribution in [0.15, 0.2) is 15.8 Å². The molecule has 0 aliphatic carbocycles. The molecule has 3 atom stereocenters. The molecule has 0 amide bonds. The lowest BCUT2D eigenvalue weighted by Gasteiger charge is -2.14. The molecule has 0 unspecified atom stereocenters. The van der Waals surface area contributed by atoms with E-state index in [1.54, 1.807) is 6.92 Å². The average molecular weight is 343 g/mol. The predicted molar refractivity (Wildman–Crippen MR) is 91.1 cm³/mol. The van der Waals surface area contributed by atoms with Gasteiger partial charge in [-0.2, -0.15) is 0 Å². The molecule has 1 aromatic rings. The first-order chi connectivity index (χ1) is 11.4. The lowest BCUT2D eigenvalue weighted by molar-refractivity contribution is -0.0459. The van der Waals surface area contributed by atoms with Gasteiger partial charge in [0, 0.05) is 18.2 Å². The van der Waals surface area contributed by atoms with Crippen LogP contribution in [0, 0.1) is 6.92 Å². The Morgan fingerprint density at radius 1 is 1.29 bits per heavy atom. The molecule has 0 radical (unpaired) electrons. The minimum Gasteiger partial charge on any atom is -0.394 e. The number of H-pyrrole nitrogens is 1. The summed E-state index contributed by atoms with van der Waals surface area (Å²) in [5.41, 5.74) is -0.643. The van der Waals surface area contributed by atoms with E-state index in [4.69, 9.17) is 9.84 Å². The number of aliphatic hydroxyl groups is 2. The van der Waals surface area contributed by atoms with Gasteiger partial charge in [-0.25, -0.2) is 4.79 Å². The Labute approximate surface area is 141 Å². The van der Waals surface area contributed by atoms with Crippen molar-refractivity contribution in [3.05, 3.63) is 32.6 Å². The standard InChI is InChI=1S/C10H14N2O5.C6H15N/c1-5-3-12(10(16)11-9(5)15)8-2-6(14)7(4-13)17-8;1-4-7(5-2)6-3/h3,6-8,13-14H,2,4H2,1H3,(H,11,15,16);4-6H2,1-3H3/t6-,7+,8+;/m0./s1. The Bertz CT molecular complexity index is 603. The van der Waals surface area contributed by atoms with E-state index in [0.717, 1.165) is 0 Å². The van der Waals surface area contributed by atoms with Gasteiger partial charge in [-0.3, -0.25) is 14.3 Å². The third-order valence-electron chi connectivity index (χ3n) is 4.18. The third kappa shape index (κ3) is 5.27. The van der Waals surface area contributed by atoms with Gasteiger partial charge in [-0.1, -0.05) is 20.8 Å². The molecule has 0 saturated carbocycles. The Morgan fingerprint density at radius 2 is 1.88 bits per heavy atom. The zero-order valence-corrected chi connectivity index (χ0v) is 14.9. The molecule has 1 aliphatic heterocycles. The molecule has 0 aromatic carbocycles. The van der Waals surface area contributed by atoms with Crippen molar-refractivity contribution in [1.29, 1.82) is 0 Å². The van der Waals surface area contributed by atoms with Gasteiger partial charge >= 0.3 is 5.69 Å². The van der Waals surface area contributed by atoms with Crippen LogP contribution in [-0.4, -0.2) is 63.1 Å². The molecule has 0 bridgehead atoms. The van der Waals surface area contributed by atoms with Gasteiger partial charge in [0.15, 0.2) is 0 Å². The number of hydrogen-bond acceptors (Lipinski definition) is 6. The van der Waals surface area contributed by atoms with Crippen molar-refractivity contribution in [3.8, 4) is 0 Å². The van der Waals surface area contributed by atoms with Gasteiger partial charge in [0.1, 0.15) is 12.3 Å². The van der Waals surface area contributed by atoms with Gasteiger partial charge in [0.2, 0.25) is 0 Å². The van der Waals surface area contributed by atoms with Gasteiger partial charge in [0.25, 0.3) is 5.56 Å². The second-order valence-corrected chi connectivity index (χ2v) is 5.71. The van der Waals surface area contributed by atoms with Crippen molar-refractivity contribution in [2.24, 2.45) is 0 Å². The highest BCUT2D eigenvalue weighted by Crippen LogP contribution is 2.27. The van der Waals surface area contributed by atoms with Crippen LogP contribution in [0.5, 0.6) is 0 Å². The third-order valence-corrected chi connectivity index (χ3v) is 4.18. The van der Waals surface area contributed by atoms with Crippen LogP contribution in [0.2, 0.25) is 0 Å². The summed E-state index contributed by atoms with van der Waals surface area (Å²) in [6.45, 7) is 11.4. The van der Waals surface area contributed by atoms with Crippen LogP contribution in [0.4, 0.5) is 0 Å². The quantitative estimate of drug-likeness (QED) is 0.685. The Hall–Kier alpha value is -1.48. The summed E-state index contributed by atoms with van der Waals surface area (Å²) in [6.07, 6.45) is -0.581. The second-order valence-electron chi connectivity index (χ2n) is 5.71. The fourth-order valence-corrected chi connectivity index (χ4v) is 2.52. The van der Waals surface area contributed by atoms with Crippen LogP contribution >= 0.6 is 0 Å². The zero-order valence-electron chi connectivity index (χ0n) is 14.9. The summed E-state index contributed by atoms with van der Waals surface area (Å²) < 4.78 is 6.54. The van der Waals surface area contributed by atoms with E-state index >= 15 is 0 Å². The number of aryl methyl sites for hydroxylation is 1. The number of aromatic amines is 1. The van der Waals surface area contributed by atoms with Gasteiger partial charge in [-0.05, 0) is 26.6 Å². The molecular weight excluding hydrogens is 314 g/mol. The molecule has 2 heterocycles. The number of aliphatic hydroxyl groups excluding tert-OH is 2. The maximum absolute atomic E-state index is 11.6. The monoisotopic (exact) mass is 343 g/mol. The maximum atomic E-state index is 11.6. The number of nitrogens with zero attached hydrogens (tertiary/aromatic N) is 2. The van der Waals surface area contributed by atoms with E-state index in [-0.39, 0.29) is 13.0 Å². The summed E-state index contributed by atoms with van der Waals surface area (Å²) in [7, 11) is 0. The molecule has 24 heavy (non-hydrogen) atoms. The first kappa shape index (κ1) is 20.6. The Balaban J connectivity index is 0.000000351. The highest BCUT2D eigenvalue weighted by atomic mass is 16.5. The normalized spacial score (nSPS) is 23.2. The maximum Gasteiger partial charge on any atom is 0.330 e. The smallest absolute Gasteiger partial charge is 0.330 e. The van der Waals surface area contributed by atoms with Crippen molar-refractivity contribution in [2.45, 2.75) is 52.6 Å². The van der Waals surface area contributed by atoms with Gasteiger partial charge in [0.05, 0.1) is 12.7 Å². The number of nitrogens with one attached hydrogen (secondary N) is 1. The van der Waals surface area contributed by atoms with Crippen LogP contribution in [0.25, 0.3) is 0 Å². The first-order valence-electron chi connectivity index (χ1n) is 8.36. The molecule has 1 fully saturated rings. The van der Waals surface area contributed by atoms with Crippen molar-refractivity contribution in [3.63, 3.8) is 0 Å². The highest BCUT2D eigenvalue weighted by molar-refractivity contribution is 5.02. The molecule has 8 heteroatoms. The largest absolute Gasteiger partial charge is 0.394 e. The van der Waals surface area contributed by atoms with Crippen LogP contribution < -0.4 is 11.2 Å². The summed E-state index contributed by atoms with van der Waals surface area (Å²) >= 11 is 0. The summed E-state index contributed by atoms with van der Waals surface area (Å²) in [6, 6.07) is 0. The van der Waals surface area contributed by atoms with Crippen molar-refractivity contribution in [2.75, 3.05) is 26.2 Å². The minimum atomic E-state index is -0.816. The minimum absolute atomic E-state index is 0.205. The molecule has 1 saturated heterocycles. The summed E-state index contributed by atoms with van der Waals surface area (Å²) in [5, 5.41) is 18.5. The highest BCUT2D eigenvalue weighted by Gasteiger charge is 2.34. The van der Waals surface area contributed by atoms with E-state index in [1.807, 2.05) is 0 Å². The molecule has 1 aromatic heterocycles. The average Bonchev–Trinajstić information content (AvgIpc) is 2.94. The van der Waals surface area contributed by atoms with E-state index in [9.17, 15) is 14.7 Å². The SMILES string of the molecule is CCN(CC)CC.Cc1cn([C@H]2C[C@H](O)[C@@H](CO)O2)c(=O)[nH]c1=O. The Kier molecular flexibility index (Phi) is 8.34. The van der Waals surface area contributed by atoms with Gasteiger partial charge in [-0.15, -0.1) is 0 Å². The lowest BCUT2D eigenvalue weighted by atomic mass is 10.2. The van der Waals surface area contributed by atoms with Crippen LogP contribution in [0.1, 0.15) is 39.0 Å². The molecular formula is C16H29N3O5. The molecule has 8 nitrogen and oxygen atoms in total. The van der Waals surface area contributed by atoms with Crippen molar-refractivity contribution in [1.82, 2.24) is 14.5 Å². The van der Waals surface area contributed by atoms with Crippen molar-refractivity contribution >= 4 is 0 Å². The lowest BCUT2D eigenvalue weighted by Crippen LogP contribution is -2.33. The van der Waals surface area contributed by atoms with E-state index in [1.165, 1.54) is 30.4 Å². The fourth-order valence-electron chi connectivity index (χ4n) is 2.52. The van der Waals surface area contributed by atoms with Crippen molar-refractivity contribution < 1.29 is 14.9 Å². The molecule has 138 valence electrons. The second kappa shape index (κ2) is 9.73. The number of rotatable bonds is 5. The molecule has 1 aliphatic rings. The number of aromatic nitrogens is 2. The van der Waals surface area contributed by atoms with E-state index in [2.05, 4.69) is 30.7 Å². The fraction of sp³-hybridized carbons (Fsp3) is 0.750. The summed E-state index contributed by atoms with van der Waals surface area (Å²) in [5.74, 6) is 0. The Morgan fingerprint density at radius 3 is 2.29 bits per heavy atom. The topological polar surface area (TPSA) is 108 Å². The number of ether oxygens (including phenoxy) is 1. The molecule has 0 spiro atoms. The molecule has 3 N–H and O–H groups in total. The summed E-state index contributed by atoms with van der Waals surface area (Å²) in [4.78, 5) is 27.3.